The van der Waals surface area contributed by atoms with E-state index in [2.05, 4.69) is 0 Å². The van der Waals surface area contributed by atoms with E-state index in [0.717, 1.165) is 16.9 Å². The fraction of sp³-hybridized carbons (Fsp3) is 0.500. The number of carbonyl (C=O) groups is 2. The summed E-state index contributed by atoms with van der Waals surface area (Å²) in [6.07, 6.45) is 0.0864. The zero-order valence-corrected chi connectivity index (χ0v) is 12.6. The van der Waals surface area contributed by atoms with E-state index in [1.807, 2.05) is 39.0 Å². The number of hydrogen-bond acceptors (Lipinski definition) is 3. The monoisotopic (exact) mass is 291 g/mol. The molecule has 0 aromatic heterocycles. The van der Waals surface area contributed by atoms with Crippen LogP contribution in [0.3, 0.4) is 0 Å². The van der Waals surface area contributed by atoms with Crippen LogP contribution in [0.1, 0.15) is 24.5 Å². The number of amides is 1. The summed E-state index contributed by atoms with van der Waals surface area (Å²) in [5.41, 5.74) is 2.11. The van der Waals surface area contributed by atoms with Gasteiger partial charge in [0.05, 0.1) is 12.0 Å². The topological polar surface area (TPSA) is 66.8 Å². The van der Waals surface area contributed by atoms with E-state index in [1.165, 1.54) is 0 Å². The van der Waals surface area contributed by atoms with Gasteiger partial charge < -0.3 is 14.7 Å². The molecule has 1 N–H and O–H groups in total. The lowest BCUT2D eigenvalue weighted by molar-refractivity contribution is -0.141. The lowest BCUT2D eigenvalue weighted by Gasteiger charge is -2.25. The number of aryl methyl sites for hydroxylation is 2. The minimum atomic E-state index is -0.909. The van der Waals surface area contributed by atoms with Gasteiger partial charge in [-0.2, -0.15) is 0 Å². The molecule has 0 saturated carbocycles. The van der Waals surface area contributed by atoms with Gasteiger partial charge in [-0.05, 0) is 31.9 Å². The number of aliphatic carboxylic acids is 1. The quantitative estimate of drug-likeness (QED) is 0.901. The van der Waals surface area contributed by atoms with Crippen LogP contribution in [-0.2, 0) is 9.59 Å². The minimum Gasteiger partial charge on any atom is -0.491 e. The first-order valence-electron chi connectivity index (χ1n) is 7.11. The van der Waals surface area contributed by atoms with E-state index in [4.69, 9.17) is 9.84 Å². The molecule has 0 bridgehead atoms. The molecule has 5 nitrogen and oxygen atoms in total. The summed E-state index contributed by atoms with van der Waals surface area (Å²) in [6.45, 7) is 6.48. The van der Waals surface area contributed by atoms with Crippen LogP contribution in [-0.4, -0.2) is 41.1 Å². The lowest BCUT2D eigenvalue weighted by atomic mass is 10.1. The van der Waals surface area contributed by atoms with Gasteiger partial charge in [0, 0.05) is 13.0 Å². The number of hydrogen-bond donors (Lipinski definition) is 1. The zero-order valence-electron chi connectivity index (χ0n) is 12.6. The van der Waals surface area contributed by atoms with Crippen molar-refractivity contribution in [1.82, 2.24) is 4.90 Å². The van der Waals surface area contributed by atoms with E-state index in [1.54, 1.807) is 4.90 Å². The number of carboxylic acids is 1. The Kier molecular flexibility index (Phi) is 4.50. The molecule has 2 rings (SSSR count). The highest BCUT2D eigenvalue weighted by Gasteiger charge is 2.36. The molecule has 1 amide bonds. The van der Waals surface area contributed by atoms with Crippen molar-refractivity contribution in [2.24, 2.45) is 5.92 Å². The molecule has 1 aliphatic rings. The summed E-state index contributed by atoms with van der Waals surface area (Å²) >= 11 is 0. The SMILES string of the molecule is Cc1cccc(C)c1OCC(C)N1CC(C(=O)O)CC1=O. The molecule has 5 heteroatoms. The van der Waals surface area contributed by atoms with E-state index >= 15 is 0 Å². The summed E-state index contributed by atoms with van der Waals surface area (Å²) in [5.74, 6) is -0.778. The Balaban J connectivity index is 1.98. The Morgan fingerprint density at radius 2 is 2.05 bits per heavy atom. The van der Waals surface area contributed by atoms with E-state index < -0.39 is 11.9 Å². The Labute approximate surface area is 124 Å². The number of benzene rings is 1. The highest BCUT2D eigenvalue weighted by Crippen LogP contribution is 2.24. The summed E-state index contributed by atoms with van der Waals surface area (Å²) in [5, 5.41) is 9.00. The van der Waals surface area contributed by atoms with Gasteiger partial charge >= 0.3 is 5.97 Å². The maximum atomic E-state index is 11.9. The fourth-order valence-electron chi connectivity index (χ4n) is 2.64. The summed E-state index contributed by atoms with van der Waals surface area (Å²) < 4.78 is 5.84. The van der Waals surface area contributed by atoms with Crippen molar-refractivity contribution in [2.75, 3.05) is 13.2 Å². The van der Waals surface area contributed by atoms with Crippen LogP contribution in [0.25, 0.3) is 0 Å². The van der Waals surface area contributed by atoms with Crippen LogP contribution in [0.5, 0.6) is 5.75 Å². The highest BCUT2D eigenvalue weighted by atomic mass is 16.5. The van der Waals surface area contributed by atoms with Gasteiger partial charge in [-0.25, -0.2) is 0 Å². The van der Waals surface area contributed by atoms with Crippen molar-refractivity contribution in [2.45, 2.75) is 33.2 Å². The molecule has 1 aromatic carbocycles. The van der Waals surface area contributed by atoms with Crippen LogP contribution in [0.2, 0.25) is 0 Å². The van der Waals surface area contributed by atoms with Crippen molar-refractivity contribution in [1.29, 1.82) is 0 Å². The predicted octanol–water partition coefficient (Wildman–Crippen LogP) is 2.00. The molecule has 114 valence electrons. The standard InChI is InChI=1S/C16H21NO4/c1-10-5-4-6-11(2)15(10)21-9-12(3)17-8-13(16(19)20)7-14(17)18/h4-6,12-13H,7-9H2,1-3H3,(H,19,20). The predicted molar refractivity (Wildman–Crippen MR) is 78.3 cm³/mol. The number of carbonyl (C=O) groups excluding carboxylic acids is 1. The molecular formula is C16H21NO4. The second-order valence-electron chi connectivity index (χ2n) is 5.67. The van der Waals surface area contributed by atoms with Gasteiger partial charge in [-0.1, -0.05) is 18.2 Å². The van der Waals surface area contributed by atoms with Gasteiger partial charge in [0.1, 0.15) is 12.4 Å². The lowest BCUT2D eigenvalue weighted by Crippen LogP contribution is -2.39. The number of rotatable bonds is 5. The van der Waals surface area contributed by atoms with Crippen LogP contribution < -0.4 is 4.74 Å². The maximum Gasteiger partial charge on any atom is 0.308 e. The minimum absolute atomic E-state index is 0.0864. The van der Waals surface area contributed by atoms with Gasteiger partial charge in [0.2, 0.25) is 5.91 Å². The van der Waals surface area contributed by atoms with Crippen LogP contribution in [0.4, 0.5) is 0 Å². The number of carboxylic acid groups (broad SMARTS) is 1. The van der Waals surface area contributed by atoms with E-state index in [0.29, 0.717) is 6.61 Å². The summed E-state index contributed by atoms with van der Waals surface area (Å²) in [4.78, 5) is 24.5. The first-order valence-corrected chi connectivity index (χ1v) is 7.11. The molecule has 0 radical (unpaired) electrons. The molecule has 21 heavy (non-hydrogen) atoms. The molecule has 0 aliphatic carbocycles. The van der Waals surface area contributed by atoms with Crippen LogP contribution >= 0.6 is 0 Å². The fourth-order valence-corrected chi connectivity index (χ4v) is 2.64. The van der Waals surface area contributed by atoms with Crippen molar-refractivity contribution in [3.63, 3.8) is 0 Å². The third-order valence-electron chi connectivity index (χ3n) is 3.92. The highest BCUT2D eigenvalue weighted by molar-refractivity contribution is 5.86. The molecule has 1 aromatic rings. The maximum absolute atomic E-state index is 11.9. The third-order valence-corrected chi connectivity index (χ3v) is 3.92. The summed E-state index contributed by atoms with van der Waals surface area (Å²) in [7, 11) is 0. The molecule has 2 atom stereocenters. The normalized spacial score (nSPS) is 19.7. The zero-order chi connectivity index (χ0) is 15.6. The molecule has 1 heterocycles. The number of likely N-dealkylation sites (tertiary alicyclic amines) is 1. The van der Waals surface area contributed by atoms with Crippen LogP contribution in [0, 0.1) is 19.8 Å². The number of ether oxygens (including phenoxy) is 1. The molecule has 2 unspecified atom stereocenters. The van der Waals surface area contributed by atoms with Crippen molar-refractivity contribution in [3.8, 4) is 5.75 Å². The second-order valence-corrected chi connectivity index (χ2v) is 5.67. The average molecular weight is 291 g/mol. The number of nitrogens with zero attached hydrogens (tertiary/aromatic N) is 1. The largest absolute Gasteiger partial charge is 0.491 e. The number of para-hydroxylation sites is 1. The van der Waals surface area contributed by atoms with Crippen LogP contribution in [0.15, 0.2) is 18.2 Å². The first kappa shape index (κ1) is 15.4. The molecule has 0 spiro atoms. The molecule has 1 aliphatic heterocycles. The molecule has 1 saturated heterocycles. The molecular weight excluding hydrogens is 270 g/mol. The second kappa shape index (κ2) is 6.16. The van der Waals surface area contributed by atoms with Crippen molar-refractivity contribution < 1.29 is 19.4 Å². The Hall–Kier alpha value is -2.04. The van der Waals surface area contributed by atoms with Gasteiger partial charge in [-0.3, -0.25) is 9.59 Å². The average Bonchev–Trinajstić information content (AvgIpc) is 2.80. The van der Waals surface area contributed by atoms with E-state index in [9.17, 15) is 9.59 Å². The first-order chi connectivity index (χ1) is 9.90. The van der Waals surface area contributed by atoms with Crippen molar-refractivity contribution >= 4 is 11.9 Å². The third kappa shape index (κ3) is 3.35. The smallest absolute Gasteiger partial charge is 0.308 e. The van der Waals surface area contributed by atoms with Crippen molar-refractivity contribution in [3.05, 3.63) is 29.3 Å². The summed E-state index contributed by atoms with van der Waals surface area (Å²) in [6, 6.07) is 5.80. The Morgan fingerprint density at radius 1 is 1.43 bits per heavy atom. The van der Waals surface area contributed by atoms with Gasteiger partial charge in [0.25, 0.3) is 0 Å². The Bertz CT molecular complexity index is 535. The van der Waals surface area contributed by atoms with E-state index in [-0.39, 0.29) is 24.9 Å². The van der Waals surface area contributed by atoms with Gasteiger partial charge in [-0.15, -0.1) is 0 Å². The molecule has 1 fully saturated rings. The van der Waals surface area contributed by atoms with Gasteiger partial charge in [0.15, 0.2) is 0 Å². The Morgan fingerprint density at radius 3 is 2.57 bits per heavy atom.